The monoisotopic (exact) mass is 371 g/mol. The Morgan fingerprint density at radius 1 is 1.37 bits per heavy atom. The third-order valence-corrected chi connectivity index (χ3v) is 4.49. The summed E-state index contributed by atoms with van der Waals surface area (Å²) in [6.07, 6.45) is 0. The van der Waals surface area contributed by atoms with Gasteiger partial charge in [-0.15, -0.1) is 0 Å². The second-order valence-corrected chi connectivity index (χ2v) is 6.82. The maximum Gasteiger partial charge on any atom is 0.230 e. The molecule has 9 heteroatoms. The van der Waals surface area contributed by atoms with Crippen LogP contribution in [0.2, 0.25) is 0 Å². The fraction of sp³-hybridized carbons (Fsp3) is 0.444. The van der Waals surface area contributed by atoms with E-state index in [1.165, 1.54) is 0 Å². The van der Waals surface area contributed by atoms with E-state index in [2.05, 4.69) is 25.6 Å². The van der Waals surface area contributed by atoms with Crippen molar-refractivity contribution in [2.45, 2.75) is 13.5 Å². The van der Waals surface area contributed by atoms with Crippen molar-refractivity contribution in [3.8, 4) is 5.75 Å². The smallest absolute Gasteiger partial charge is 0.230 e. The Kier molecular flexibility index (Phi) is 5.70. The zero-order valence-electron chi connectivity index (χ0n) is 15.8. The van der Waals surface area contributed by atoms with Gasteiger partial charge in [0.15, 0.2) is 5.82 Å². The number of ether oxygens (including phenoxy) is 1. The van der Waals surface area contributed by atoms with Crippen LogP contribution in [0.1, 0.15) is 12.7 Å². The maximum atomic E-state index is 12.4. The minimum absolute atomic E-state index is 0.0134. The van der Waals surface area contributed by atoms with Crippen LogP contribution in [0.4, 0.5) is 17.6 Å². The predicted octanol–water partition coefficient (Wildman–Crippen LogP) is 0.893. The Hall–Kier alpha value is -2.94. The summed E-state index contributed by atoms with van der Waals surface area (Å²) in [5.74, 6) is 2.04. The normalized spacial score (nSPS) is 14.9. The first-order valence-electron chi connectivity index (χ1n) is 8.84. The van der Waals surface area contributed by atoms with Crippen LogP contribution in [0.15, 0.2) is 24.3 Å². The Balaban J connectivity index is 1.61. The molecule has 0 bridgehead atoms. The number of nitrogens with two attached hydrogens (primary N) is 1. The molecular weight excluding hydrogens is 346 g/mol. The number of nitrogens with one attached hydrogen (secondary N) is 2. The van der Waals surface area contributed by atoms with Gasteiger partial charge in [-0.3, -0.25) is 4.79 Å². The fourth-order valence-electron chi connectivity index (χ4n) is 2.64. The highest BCUT2D eigenvalue weighted by Gasteiger charge is 2.28. The van der Waals surface area contributed by atoms with E-state index in [-0.39, 0.29) is 24.4 Å². The SMILES string of the molecule is CC(C(=O)Nc1cccc(OCc2nc(N)nc(N(C)C)n2)c1)C1CNC1. The van der Waals surface area contributed by atoms with Gasteiger partial charge >= 0.3 is 0 Å². The van der Waals surface area contributed by atoms with Crippen LogP contribution < -0.4 is 26.0 Å². The number of carbonyl (C=O) groups is 1. The zero-order valence-corrected chi connectivity index (χ0v) is 15.8. The first-order chi connectivity index (χ1) is 12.9. The Labute approximate surface area is 158 Å². The molecule has 1 fully saturated rings. The fourth-order valence-corrected chi connectivity index (χ4v) is 2.64. The van der Waals surface area contributed by atoms with E-state index in [1.807, 2.05) is 39.2 Å². The first kappa shape index (κ1) is 18.8. The topological polar surface area (TPSA) is 118 Å². The van der Waals surface area contributed by atoms with Crippen LogP contribution in [0.5, 0.6) is 5.75 Å². The van der Waals surface area contributed by atoms with Gasteiger partial charge in [-0.1, -0.05) is 13.0 Å². The molecule has 0 saturated carbocycles. The quantitative estimate of drug-likeness (QED) is 0.657. The summed E-state index contributed by atoms with van der Waals surface area (Å²) >= 11 is 0. The number of carbonyl (C=O) groups excluding carboxylic acids is 1. The van der Waals surface area contributed by atoms with Crippen molar-refractivity contribution in [3.63, 3.8) is 0 Å². The molecule has 1 aliphatic rings. The molecule has 1 aromatic carbocycles. The molecule has 2 heterocycles. The van der Waals surface area contributed by atoms with Crippen molar-refractivity contribution in [3.05, 3.63) is 30.1 Å². The molecule has 3 rings (SSSR count). The number of hydrogen-bond donors (Lipinski definition) is 3. The predicted molar refractivity (Wildman–Crippen MR) is 103 cm³/mol. The molecule has 1 saturated heterocycles. The lowest BCUT2D eigenvalue weighted by Gasteiger charge is -2.31. The lowest BCUT2D eigenvalue weighted by atomic mass is 9.88. The summed E-state index contributed by atoms with van der Waals surface area (Å²) in [5, 5.41) is 6.14. The molecule has 1 aliphatic heterocycles. The van der Waals surface area contributed by atoms with Gasteiger partial charge in [-0.05, 0) is 31.1 Å². The van der Waals surface area contributed by atoms with Crippen LogP contribution in [0.3, 0.4) is 0 Å². The van der Waals surface area contributed by atoms with Crippen LogP contribution >= 0.6 is 0 Å². The molecule has 4 N–H and O–H groups in total. The third kappa shape index (κ3) is 4.82. The van der Waals surface area contributed by atoms with Crippen molar-refractivity contribution in [1.82, 2.24) is 20.3 Å². The highest BCUT2D eigenvalue weighted by Crippen LogP contribution is 2.22. The number of rotatable bonds is 7. The van der Waals surface area contributed by atoms with Gasteiger partial charge in [0.25, 0.3) is 0 Å². The molecule has 144 valence electrons. The summed E-state index contributed by atoms with van der Waals surface area (Å²) in [5.41, 5.74) is 6.41. The van der Waals surface area contributed by atoms with Gasteiger partial charge in [0, 0.05) is 31.8 Å². The summed E-state index contributed by atoms with van der Waals surface area (Å²) in [4.78, 5) is 26.5. The van der Waals surface area contributed by atoms with Crippen LogP contribution in [-0.4, -0.2) is 48.0 Å². The standard InChI is InChI=1S/C18H25N7O2/c1-11(12-8-20-9-12)16(26)21-13-5-4-6-14(7-13)27-10-15-22-17(19)24-18(23-15)25(2)3/h4-7,11-12,20H,8-10H2,1-3H3,(H,21,26)(H2,19,22,23,24). The largest absolute Gasteiger partial charge is 0.486 e. The number of hydrogen-bond acceptors (Lipinski definition) is 8. The van der Waals surface area contributed by atoms with E-state index in [1.54, 1.807) is 11.0 Å². The average Bonchev–Trinajstić information content (AvgIpc) is 2.58. The van der Waals surface area contributed by atoms with Crippen molar-refractivity contribution in [1.29, 1.82) is 0 Å². The van der Waals surface area contributed by atoms with Gasteiger partial charge in [0.2, 0.25) is 17.8 Å². The number of nitrogen functional groups attached to an aromatic ring is 1. The lowest BCUT2D eigenvalue weighted by molar-refractivity contribution is -0.121. The van der Waals surface area contributed by atoms with Crippen molar-refractivity contribution < 1.29 is 9.53 Å². The second-order valence-electron chi connectivity index (χ2n) is 6.82. The first-order valence-corrected chi connectivity index (χ1v) is 8.84. The molecule has 9 nitrogen and oxygen atoms in total. The minimum Gasteiger partial charge on any atom is -0.486 e. The highest BCUT2D eigenvalue weighted by molar-refractivity contribution is 5.92. The number of amides is 1. The second kappa shape index (κ2) is 8.17. The summed E-state index contributed by atoms with van der Waals surface area (Å²) < 4.78 is 5.76. The summed E-state index contributed by atoms with van der Waals surface area (Å²) in [6, 6.07) is 7.25. The summed E-state index contributed by atoms with van der Waals surface area (Å²) in [6.45, 7) is 3.88. The maximum absolute atomic E-state index is 12.4. The van der Waals surface area contributed by atoms with E-state index >= 15 is 0 Å². The van der Waals surface area contributed by atoms with E-state index in [9.17, 15) is 4.79 Å². The van der Waals surface area contributed by atoms with Gasteiger partial charge in [0.1, 0.15) is 12.4 Å². The Morgan fingerprint density at radius 2 is 2.15 bits per heavy atom. The Morgan fingerprint density at radius 3 is 2.81 bits per heavy atom. The van der Waals surface area contributed by atoms with Crippen molar-refractivity contribution >= 4 is 23.5 Å². The summed E-state index contributed by atoms with van der Waals surface area (Å²) in [7, 11) is 3.65. The molecular formula is C18H25N7O2. The van der Waals surface area contributed by atoms with E-state index < -0.39 is 0 Å². The number of anilines is 3. The number of benzene rings is 1. The molecule has 2 aromatic rings. The van der Waals surface area contributed by atoms with Gasteiger partial charge in [-0.25, -0.2) is 0 Å². The number of nitrogens with zero attached hydrogens (tertiary/aromatic N) is 4. The Bertz CT molecular complexity index is 808. The molecule has 0 aliphatic carbocycles. The zero-order chi connectivity index (χ0) is 19.4. The van der Waals surface area contributed by atoms with E-state index in [4.69, 9.17) is 10.5 Å². The molecule has 1 atom stereocenters. The van der Waals surface area contributed by atoms with E-state index in [0.717, 1.165) is 13.1 Å². The lowest BCUT2D eigenvalue weighted by Crippen LogP contribution is -2.48. The van der Waals surface area contributed by atoms with Gasteiger partial charge < -0.3 is 26.0 Å². The molecule has 0 radical (unpaired) electrons. The molecule has 0 spiro atoms. The van der Waals surface area contributed by atoms with Gasteiger partial charge in [-0.2, -0.15) is 15.0 Å². The minimum atomic E-state index is -0.0338. The van der Waals surface area contributed by atoms with Crippen molar-refractivity contribution in [2.75, 3.05) is 43.1 Å². The molecule has 1 amide bonds. The van der Waals surface area contributed by atoms with E-state index in [0.29, 0.717) is 29.1 Å². The van der Waals surface area contributed by atoms with Crippen molar-refractivity contribution in [2.24, 2.45) is 11.8 Å². The third-order valence-electron chi connectivity index (χ3n) is 4.49. The number of aromatic nitrogens is 3. The van der Waals surface area contributed by atoms with Crippen LogP contribution in [-0.2, 0) is 11.4 Å². The molecule has 1 unspecified atom stereocenters. The highest BCUT2D eigenvalue weighted by atomic mass is 16.5. The van der Waals surface area contributed by atoms with Crippen LogP contribution in [0.25, 0.3) is 0 Å². The van der Waals surface area contributed by atoms with Gasteiger partial charge in [0.05, 0.1) is 0 Å². The molecule has 27 heavy (non-hydrogen) atoms. The molecule has 1 aromatic heterocycles. The average molecular weight is 371 g/mol. The van der Waals surface area contributed by atoms with Crippen LogP contribution in [0, 0.1) is 11.8 Å².